The van der Waals surface area contributed by atoms with Gasteiger partial charge in [-0.1, -0.05) is 36.7 Å². The van der Waals surface area contributed by atoms with Crippen LogP contribution in [0.3, 0.4) is 0 Å². The molecule has 100 valence electrons. The molecule has 0 spiro atoms. The topological polar surface area (TPSA) is 35.2 Å². The van der Waals surface area contributed by atoms with E-state index in [1.165, 1.54) is 0 Å². The van der Waals surface area contributed by atoms with Crippen molar-refractivity contribution in [2.75, 3.05) is 12.3 Å². The molecule has 0 aromatic heterocycles. The van der Waals surface area contributed by atoms with Crippen LogP contribution in [0.1, 0.15) is 18.1 Å². The number of benzene rings is 2. The summed E-state index contributed by atoms with van der Waals surface area (Å²) in [5, 5.41) is 0.794. The molecule has 2 nitrogen and oxygen atoms in total. The van der Waals surface area contributed by atoms with Crippen LogP contribution in [0.4, 0.5) is 5.69 Å². The van der Waals surface area contributed by atoms with Gasteiger partial charge in [0.05, 0.1) is 6.61 Å². The molecular formula is C16H18ClNO. The van der Waals surface area contributed by atoms with E-state index in [2.05, 4.69) is 6.92 Å². The van der Waals surface area contributed by atoms with E-state index in [4.69, 9.17) is 22.1 Å². The Morgan fingerprint density at radius 1 is 1.11 bits per heavy atom. The van der Waals surface area contributed by atoms with Gasteiger partial charge < -0.3 is 10.5 Å². The number of rotatable bonds is 5. The van der Waals surface area contributed by atoms with Gasteiger partial charge in [0.15, 0.2) is 0 Å². The Bertz CT molecular complexity index is 554. The van der Waals surface area contributed by atoms with E-state index in [-0.39, 0.29) is 0 Å². The molecule has 0 atom stereocenters. The van der Waals surface area contributed by atoms with Crippen molar-refractivity contribution in [1.29, 1.82) is 0 Å². The number of aryl methyl sites for hydroxylation is 1. The largest absolute Gasteiger partial charge is 0.493 e. The lowest BCUT2D eigenvalue weighted by Crippen LogP contribution is -2.04. The van der Waals surface area contributed by atoms with Crippen LogP contribution in [0.25, 0.3) is 0 Å². The van der Waals surface area contributed by atoms with Gasteiger partial charge in [0.2, 0.25) is 0 Å². The van der Waals surface area contributed by atoms with Crippen LogP contribution in [0.15, 0.2) is 42.5 Å². The third-order valence-electron chi connectivity index (χ3n) is 3.09. The summed E-state index contributed by atoms with van der Waals surface area (Å²) in [6.45, 7) is 2.69. The lowest BCUT2D eigenvalue weighted by molar-refractivity contribution is 0.322. The maximum absolute atomic E-state index is 6.07. The van der Waals surface area contributed by atoms with Crippen molar-refractivity contribution in [2.24, 2.45) is 0 Å². The molecular weight excluding hydrogens is 258 g/mol. The quantitative estimate of drug-likeness (QED) is 0.834. The number of nitrogen functional groups attached to an aromatic ring is 1. The summed E-state index contributed by atoms with van der Waals surface area (Å²) in [7, 11) is 0. The molecule has 2 aromatic rings. The normalized spacial score (nSPS) is 10.4. The summed E-state index contributed by atoms with van der Waals surface area (Å²) >= 11 is 6.07. The molecule has 0 aliphatic rings. The summed E-state index contributed by atoms with van der Waals surface area (Å²) in [4.78, 5) is 0. The first-order valence-corrected chi connectivity index (χ1v) is 6.83. The molecule has 0 amide bonds. The highest BCUT2D eigenvalue weighted by molar-refractivity contribution is 6.31. The minimum Gasteiger partial charge on any atom is -0.493 e. The lowest BCUT2D eigenvalue weighted by Gasteiger charge is -2.09. The summed E-state index contributed by atoms with van der Waals surface area (Å²) in [5.41, 5.74) is 8.94. The third kappa shape index (κ3) is 3.65. The molecule has 2 aromatic carbocycles. The van der Waals surface area contributed by atoms with Gasteiger partial charge in [-0.15, -0.1) is 0 Å². The number of ether oxygens (including phenoxy) is 1. The minimum atomic E-state index is 0.610. The molecule has 3 heteroatoms. The van der Waals surface area contributed by atoms with Crippen LogP contribution in [0.2, 0.25) is 5.02 Å². The van der Waals surface area contributed by atoms with Crippen LogP contribution in [-0.4, -0.2) is 6.61 Å². The van der Waals surface area contributed by atoms with Crippen LogP contribution in [0.5, 0.6) is 5.75 Å². The number of hydrogen-bond donors (Lipinski definition) is 1. The predicted octanol–water partition coefficient (Wildman–Crippen LogP) is 4.11. The average Bonchev–Trinajstić information content (AvgIpc) is 2.43. The van der Waals surface area contributed by atoms with Gasteiger partial charge in [-0.25, -0.2) is 0 Å². The molecule has 0 heterocycles. The average molecular weight is 276 g/mol. The molecule has 0 radical (unpaired) electrons. The van der Waals surface area contributed by atoms with Gasteiger partial charge in [0.1, 0.15) is 5.75 Å². The van der Waals surface area contributed by atoms with Crippen molar-refractivity contribution < 1.29 is 4.74 Å². The number of para-hydroxylation sites is 1. The van der Waals surface area contributed by atoms with E-state index < -0.39 is 0 Å². The zero-order chi connectivity index (χ0) is 13.7. The van der Waals surface area contributed by atoms with Crippen molar-refractivity contribution in [1.82, 2.24) is 0 Å². The fourth-order valence-corrected chi connectivity index (χ4v) is 2.20. The van der Waals surface area contributed by atoms with Crippen LogP contribution >= 0.6 is 11.6 Å². The van der Waals surface area contributed by atoms with E-state index in [0.717, 1.165) is 40.4 Å². The summed E-state index contributed by atoms with van der Waals surface area (Å²) < 4.78 is 5.75. The highest BCUT2D eigenvalue weighted by Gasteiger charge is 2.02. The molecule has 0 aliphatic carbocycles. The molecule has 2 rings (SSSR count). The lowest BCUT2D eigenvalue weighted by atomic mass is 10.1. The standard InChI is InChI=1S/C16H18ClNO/c1-2-12-11-14(7-8-15(12)17)19-10-9-13-5-3-4-6-16(13)18/h3-8,11H,2,9-10,18H2,1H3. The minimum absolute atomic E-state index is 0.610. The first-order valence-electron chi connectivity index (χ1n) is 6.45. The summed E-state index contributed by atoms with van der Waals surface area (Å²) in [6, 6.07) is 13.6. The monoisotopic (exact) mass is 275 g/mol. The molecule has 0 fully saturated rings. The van der Waals surface area contributed by atoms with Crippen molar-refractivity contribution in [3.05, 3.63) is 58.6 Å². The Morgan fingerprint density at radius 2 is 1.89 bits per heavy atom. The van der Waals surface area contributed by atoms with E-state index in [9.17, 15) is 0 Å². The number of anilines is 1. The van der Waals surface area contributed by atoms with Gasteiger partial charge in [0, 0.05) is 17.1 Å². The Morgan fingerprint density at radius 3 is 2.63 bits per heavy atom. The van der Waals surface area contributed by atoms with Gasteiger partial charge in [0.25, 0.3) is 0 Å². The fraction of sp³-hybridized carbons (Fsp3) is 0.250. The van der Waals surface area contributed by atoms with E-state index in [1.807, 2.05) is 42.5 Å². The molecule has 0 saturated carbocycles. The molecule has 0 bridgehead atoms. The first-order chi connectivity index (χ1) is 9.20. The van der Waals surface area contributed by atoms with E-state index >= 15 is 0 Å². The van der Waals surface area contributed by atoms with Gasteiger partial charge in [-0.2, -0.15) is 0 Å². The summed E-state index contributed by atoms with van der Waals surface area (Å²) in [6.07, 6.45) is 1.71. The highest BCUT2D eigenvalue weighted by atomic mass is 35.5. The van der Waals surface area contributed by atoms with Crippen molar-refractivity contribution in [3.63, 3.8) is 0 Å². The van der Waals surface area contributed by atoms with E-state index in [0.29, 0.717) is 6.61 Å². The van der Waals surface area contributed by atoms with Gasteiger partial charge in [-0.3, -0.25) is 0 Å². The van der Waals surface area contributed by atoms with Crippen LogP contribution in [0, 0.1) is 0 Å². The Balaban J connectivity index is 1.94. The van der Waals surface area contributed by atoms with Gasteiger partial charge >= 0.3 is 0 Å². The highest BCUT2D eigenvalue weighted by Crippen LogP contribution is 2.22. The summed E-state index contributed by atoms with van der Waals surface area (Å²) in [5.74, 6) is 0.857. The Kier molecular flexibility index (Phi) is 4.69. The van der Waals surface area contributed by atoms with Crippen LogP contribution in [-0.2, 0) is 12.8 Å². The van der Waals surface area contributed by atoms with E-state index in [1.54, 1.807) is 0 Å². The molecule has 0 unspecified atom stereocenters. The van der Waals surface area contributed by atoms with Crippen molar-refractivity contribution in [2.45, 2.75) is 19.8 Å². The molecule has 0 aliphatic heterocycles. The number of hydrogen-bond acceptors (Lipinski definition) is 2. The predicted molar refractivity (Wildman–Crippen MR) is 80.9 cm³/mol. The zero-order valence-electron chi connectivity index (χ0n) is 11.0. The third-order valence-corrected chi connectivity index (χ3v) is 3.46. The zero-order valence-corrected chi connectivity index (χ0v) is 11.8. The second kappa shape index (κ2) is 6.48. The van der Waals surface area contributed by atoms with Crippen LogP contribution < -0.4 is 10.5 Å². The number of nitrogens with two attached hydrogens (primary N) is 1. The van der Waals surface area contributed by atoms with Crippen molar-refractivity contribution in [3.8, 4) is 5.75 Å². The number of halogens is 1. The Labute approximate surface area is 119 Å². The molecule has 2 N–H and O–H groups in total. The van der Waals surface area contributed by atoms with Crippen molar-refractivity contribution >= 4 is 17.3 Å². The first kappa shape index (κ1) is 13.8. The maximum Gasteiger partial charge on any atom is 0.119 e. The molecule has 19 heavy (non-hydrogen) atoms. The SMILES string of the molecule is CCc1cc(OCCc2ccccc2N)ccc1Cl. The maximum atomic E-state index is 6.07. The molecule has 0 saturated heterocycles. The Hall–Kier alpha value is -1.67. The fourth-order valence-electron chi connectivity index (χ4n) is 1.95. The smallest absolute Gasteiger partial charge is 0.119 e. The second-order valence-corrected chi connectivity index (χ2v) is 4.81. The van der Waals surface area contributed by atoms with Gasteiger partial charge in [-0.05, 0) is 41.8 Å². The second-order valence-electron chi connectivity index (χ2n) is 4.40.